The molecule has 1 fully saturated rings. The first-order valence-corrected chi connectivity index (χ1v) is 9.33. The molecule has 1 heterocycles. The Morgan fingerprint density at radius 2 is 2.09 bits per heavy atom. The second kappa shape index (κ2) is 8.04. The Balaban J connectivity index is 1.94. The summed E-state index contributed by atoms with van der Waals surface area (Å²) in [5.74, 6) is 2.01. The van der Waals surface area contributed by atoms with E-state index >= 15 is 0 Å². The Morgan fingerprint density at radius 1 is 1.35 bits per heavy atom. The second-order valence-corrected chi connectivity index (χ2v) is 8.39. The highest BCUT2D eigenvalue weighted by Gasteiger charge is 2.34. The third kappa shape index (κ3) is 5.13. The van der Waals surface area contributed by atoms with Crippen LogP contribution in [-0.2, 0) is 9.53 Å². The van der Waals surface area contributed by atoms with Crippen LogP contribution < -0.4 is 5.73 Å². The highest BCUT2D eigenvalue weighted by Crippen LogP contribution is 2.36. The van der Waals surface area contributed by atoms with Crippen molar-refractivity contribution in [2.24, 2.45) is 17.8 Å². The zero-order valence-electron chi connectivity index (χ0n) is 14.5. The predicted octanol–water partition coefficient (Wildman–Crippen LogP) is 4.15. The quantitative estimate of drug-likeness (QED) is 0.646. The fourth-order valence-corrected chi connectivity index (χ4v) is 4.03. The second-order valence-electron chi connectivity index (χ2n) is 6.98. The van der Waals surface area contributed by atoms with Crippen LogP contribution in [0.15, 0.2) is 23.2 Å². The molecule has 0 saturated heterocycles. The van der Waals surface area contributed by atoms with Crippen molar-refractivity contribution in [2.45, 2.75) is 63.2 Å². The molecule has 1 aliphatic carbocycles. The maximum absolute atomic E-state index is 12.5. The Hall–Kier alpha value is -1.23. The Morgan fingerprint density at radius 3 is 2.70 bits per heavy atom. The summed E-state index contributed by atoms with van der Waals surface area (Å²) in [7, 11) is 0. The third-order valence-electron chi connectivity index (χ3n) is 4.63. The summed E-state index contributed by atoms with van der Waals surface area (Å²) in [4.78, 5) is 17.5. The molecule has 1 aromatic heterocycles. The maximum atomic E-state index is 12.5. The lowest BCUT2D eigenvalue weighted by molar-refractivity contribution is -0.154. The lowest BCUT2D eigenvalue weighted by Gasteiger charge is -2.37. The molecule has 2 rings (SSSR count). The van der Waals surface area contributed by atoms with Crippen LogP contribution in [0, 0.1) is 17.8 Å². The van der Waals surface area contributed by atoms with Gasteiger partial charge in [-0.15, -0.1) is 11.8 Å². The fourth-order valence-electron chi connectivity index (χ4n) is 3.21. The summed E-state index contributed by atoms with van der Waals surface area (Å²) < 4.78 is 5.89. The van der Waals surface area contributed by atoms with Crippen molar-refractivity contribution in [1.82, 2.24) is 4.98 Å². The fraction of sp³-hybridized carbons (Fsp3) is 0.667. The highest BCUT2D eigenvalue weighted by molar-refractivity contribution is 8.00. The summed E-state index contributed by atoms with van der Waals surface area (Å²) in [5.41, 5.74) is 5.59. The van der Waals surface area contributed by atoms with E-state index in [-0.39, 0.29) is 17.3 Å². The highest BCUT2D eigenvalue weighted by atomic mass is 32.2. The largest absolute Gasteiger partial charge is 0.461 e. The van der Waals surface area contributed by atoms with E-state index in [0.717, 1.165) is 17.7 Å². The van der Waals surface area contributed by atoms with E-state index in [1.807, 2.05) is 13.0 Å². The summed E-state index contributed by atoms with van der Waals surface area (Å²) >= 11 is 1.47. The number of thioether (sulfide) groups is 1. The topological polar surface area (TPSA) is 65.2 Å². The predicted molar refractivity (Wildman–Crippen MR) is 95.2 cm³/mol. The Labute approximate surface area is 143 Å². The normalized spacial score (nSPS) is 26.0. The van der Waals surface area contributed by atoms with Gasteiger partial charge in [-0.3, -0.25) is 4.79 Å². The standard InChI is InChI=1S/C18H28N2O2S/c1-11(2)15-7-5-12(3)9-16(15)22-18(21)13(4)23-14-6-8-17(19)20-10-14/h6,8,10-13,15-16H,5,7,9H2,1-4H3,(H2,19,20). The van der Waals surface area contributed by atoms with Crippen LogP contribution in [0.1, 0.15) is 47.0 Å². The van der Waals surface area contributed by atoms with Crippen LogP contribution in [0.2, 0.25) is 0 Å². The van der Waals surface area contributed by atoms with Crippen molar-refractivity contribution in [2.75, 3.05) is 5.73 Å². The summed E-state index contributed by atoms with van der Waals surface area (Å²) in [5, 5.41) is -0.245. The lowest BCUT2D eigenvalue weighted by atomic mass is 9.75. The number of pyridine rings is 1. The van der Waals surface area contributed by atoms with Gasteiger partial charge < -0.3 is 10.5 Å². The maximum Gasteiger partial charge on any atom is 0.319 e. The van der Waals surface area contributed by atoms with Gasteiger partial charge in [-0.05, 0) is 49.7 Å². The molecule has 1 saturated carbocycles. The van der Waals surface area contributed by atoms with Crippen molar-refractivity contribution in [3.8, 4) is 0 Å². The number of nitrogens with two attached hydrogens (primary N) is 1. The molecule has 128 valence electrons. The molecule has 0 amide bonds. The van der Waals surface area contributed by atoms with Gasteiger partial charge in [0.05, 0.1) is 0 Å². The molecule has 4 nitrogen and oxygen atoms in total. The summed E-state index contributed by atoms with van der Waals surface area (Å²) in [6, 6.07) is 3.63. The molecule has 0 radical (unpaired) electrons. The molecule has 0 aromatic carbocycles. The number of hydrogen-bond donors (Lipinski definition) is 1. The number of hydrogen-bond acceptors (Lipinski definition) is 5. The Kier molecular flexibility index (Phi) is 6.33. The van der Waals surface area contributed by atoms with E-state index in [4.69, 9.17) is 10.5 Å². The monoisotopic (exact) mass is 336 g/mol. The Bertz CT molecular complexity index is 518. The first-order valence-electron chi connectivity index (χ1n) is 8.45. The molecule has 0 bridgehead atoms. The zero-order chi connectivity index (χ0) is 17.0. The number of nitrogens with zero attached hydrogens (tertiary/aromatic N) is 1. The van der Waals surface area contributed by atoms with E-state index in [9.17, 15) is 4.79 Å². The van der Waals surface area contributed by atoms with Crippen LogP contribution in [0.4, 0.5) is 5.82 Å². The van der Waals surface area contributed by atoms with Crippen molar-refractivity contribution < 1.29 is 9.53 Å². The van der Waals surface area contributed by atoms with Crippen molar-refractivity contribution in [1.29, 1.82) is 0 Å². The first kappa shape index (κ1) is 18.1. The molecule has 4 atom stereocenters. The molecule has 23 heavy (non-hydrogen) atoms. The molecule has 5 heteroatoms. The van der Waals surface area contributed by atoms with Gasteiger partial charge in [0, 0.05) is 11.1 Å². The van der Waals surface area contributed by atoms with Gasteiger partial charge in [0.15, 0.2) is 0 Å². The van der Waals surface area contributed by atoms with Crippen LogP contribution >= 0.6 is 11.8 Å². The van der Waals surface area contributed by atoms with Crippen molar-refractivity contribution in [3.63, 3.8) is 0 Å². The average Bonchev–Trinajstić information content (AvgIpc) is 2.49. The number of nitrogen functional groups attached to an aromatic ring is 1. The summed E-state index contributed by atoms with van der Waals surface area (Å²) in [6.45, 7) is 8.58. The van der Waals surface area contributed by atoms with Gasteiger partial charge in [0.1, 0.15) is 17.2 Å². The van der Waals surface area contributed by atoms with E-state index in [0.29, 0.717) is 23.6 Å². The van der Waals surface area contributed by atoms with Crippen LogP contribution in [0.25, 0.3) is 0 Å². The molecular formula is C18H28N2O2S. The summed E-state index contributed by atoms with van der Waals surface area (Å²) in [6.07, 6.45) is 5.12. The number of esters is 1. The van der Waals surface area contributed by atoms with Gasteiger partial charge in [0.2, 0.25) is 0 Å². The number of rotatable bonds is 5. The van der Waals surface area contributed by atoms with E-state index < -0.39 is 0 Å². The van der Waals surface area contributed by atoms with Crippen molar-refractivity contribution >= 4 is 23.5 Å². The minimum Gasteiger partial charge on any atom is -0.461 e. The van der Waals surface area contributed by atoms with Crippen LogP contribution in [0.3, 0.4) is 0 Å². The molecule has 0 aliphatic heterocycles. The van der Waals surface area contributed by atoms with Gasteiger partial charge >= 0.3 is 5.97 Å². The molecular weight excluding hydrogens is 308 g/mol. The number of ether oxygens (including phenoxy) is 1. The number of carbonyl (C=O) groups is 1. The molecule has 2 N–H and O–H groups in total. The van der Waals surface area contributed by atoms with Gasteiger partial charge in [-0.1, -0.05) is 27.2 Å². The molecule has 4 unspecified atom stereocenters. The molecule has 1 aliphatic rings. The van der Waals surface area contributed by atoms with Gasteiger partial charge in [-0.25, -0.2) is 4.98 Å². The molecule has 1 aromatic rings. The SMILES string of the molecule is CC1CCC(C(C)C)C(OC(=O)C(C)Sc2ccc(N)nc2)C1. The smallest absolute Gasteiger partial charge is 0.319 e. The minimum atomic E-state index is -0.245. The number of anilines is 1. The van der Waals surface area contributed by atoms with E-state index in [1.165, 1.54) is 18.2 Å². The third-order valence-corrected chi connectivity index (χ3v) is 5.69. The molecule has 0 spiro atoms. The minimum absolute atomic E-state index is 0.0545. The van der Waals surface area contributed by atoms with Gasteiger partial charge in [0.25, 0.3) is 0 Å². The first-order chi connectivity index (χ1) is 10.9. The van der Waals surface area contributed by atoms with Crippen molar-refractivity contribution in [3.05, 3.63) is 18.3 Å². The van der Waals surface area contributed by atoms with Gasteiger partial charge in [-0.2, -0.15) is 0 Å². The zero-order valence-corrected chi connectivity index (χ0v) is 15.3. The average molecular weight is 337 g/mol. The van der Waals surface area contributed by atoms with Crippen LogP contribution in [0.5, 0.6) is 0 Å². The van der Waals surface area contributed by atoms with E-state index in [1.54, 1.807) is 12.3 Å². The number of aromatic nitrogens is 1. The van der Waals surface area contributed by atoms with E-state index in [2.05, 4.69) is 25.8 Å². The lowest BCUT2D eigenvalue weighted by Crippen LogP contribution is -2.37. The van der Waals surface area contributed by atoms with Crippen LogP contribution in [-0.4, -0.2) is 22.3 Å². The number of carbonyl (C=O) groups excluding carboxylic acids is 1.